The monoisotopic (exact) mass is 384 g/mol. The predicted octanol–water partition coefficient (Wildman–Crippen LogP) is 3.40. The van der Waals surface area contributed by atoms with Crippen LogP contribution in [0.15, 0.2) is 53.4 Å². The molecule has 0 aliphatic heterocycles. The van der Waals surface area contributed by atoms with Gasteiger partial charge < -0.3 is 5.32 Å². The number of amides is 1. The summed E-state index contributed by atoms with van der Waals surface area (Å²) in [4.78, 5) is 12.2. The van der Waals surface area contributed by atoms with Gasteiger partial charge in [-0.25, -0.2) is 13.1 Å². The molecule has 26 heavy (non-hydrogen) atoms. The Morgan fingerprint density at radius 1 is 1.04 bits per heavy atom. The first-order valence-corrected chi connectivity index (χ1v) is 9.24. The maximum absolute atomic E-state index is 12.7. The number of halogens is 3. The molecule has 0 bridgehead atoms. The molecule has 2 N–H and O–H groups in total. The number of hydrogen-bond donors (Lipinski definition) is 2. The minimum atomic E-state index is -4.52. The van der Waals surface area contributed by atoms with Crippen molar-refractivity contribution in [3.63, 3.8) is 0 Å². The fourth-order valence-corrected chi connectivity index (χ4v) is 3.62. The lowest BCUT2D eigenvalue weighted by Gasteiger charge is -2.11. The zero-order chi connectivity index (χ0) is 18.9. The lowest BCUT2D eigenvalue weighted by Crippen LogP contribution is -2.26. The molecule has 0 unspecified atom stereocenters. The van der Waals surface area contributed by atoms with Crippen LogP contribution < -0.4 is 10.0 Å². The maximum Gasteiger partial charge on any atom is 0.416 e. The van der Waals surface area contributed by atoms with Gasteiger partial charge in [0.15, 0.2) is 0 Å². The number of carbonyl (C=O) groups is 1. The van der Waals surface area contributed by atoms with Crippen molar-refractivity contribution in [1.29, 1.82) is 0 Å². The number of anilines is 1. The van der Waals surface area contributed by atoms with Crippen molar-refractivity contribution in [2.45, 2.75) is 30.0 Å². The highest BCUT2D eigenvalue weighted by atomic mass is 32.2. The molecule has 0 aromatic heterocycles. The molecule has 0 heterocycles. The predicted molar refractivity (Wildman–Crippen MR) is 89.2 cm³/mol. The van der Waals surface area contributed by atoms with Crippen LogP contribution in [0.5, 0.6) is 0 Å². The Hall–Kier alpha value is -2.39. The molecule has 0 radical (unpaired) electrons. The van der Waals surface area contributed by atoms with E-state index in [0.717, 1.165) is 25.0 Å². The first-order valence-electron chi connectivity index (χ1n) is 7.76. The molecule has 1 saturated carbocycles. The van der Waals surface area contributed by atoms with Crippen LogP contribution in [0, 0.1) is 0 Å². The van der Waals surface area contributed by atoms with Gasteiger partial charge in [0.1, 0.15) is 0 Å². The maximum atomic E-state index is 12.7. The topological polar surface area (TPSA) is 75.3 Å². The Kier molecular flexibility index (Phi) is 4.76. The second-order valence-corrected chi connectivity index (χ2v) is 7.67. The summed E-state index contributed by atoms with van der Waals surface area (Å²) in [6, 6.07) is 9.46. The van der Waals surface area contributed by atoms with E-state index in [1.807, 2.05) is 0 Å². The Balaban J connectivity index is 1.79. The summed E-state index contributed by atoms with van der Waals surface area (Å²) in [5, 5.41) is 2.35. The standard InChI is InChI=1S/C17H15F3N2O3S/c18-17(19,20)12-4-2-5-14(10-12)21-16(23)11-3-1-6-15(9-11)26(24,25)22-13-7-8-13/h1-6,9-10,13,22H,7-8H2,(H,21,23). The third-order valence-corrected chi connectivity index (χ3v) is 5.27. The van der Waals surface area contributed by atoms with Crippen LogP contribution in [0.25, 0.3) is 0 Å². The molecule has 0 atom stereocenters. The van der Waals surface area contributed by atoms with E-state index in [4.69, 9.17) is 0 Å². The van der Waals surface area contributed by atoms with Gasteiger partial charge in [-0.1, -0.05) is 12.1 Å². The van der Waals surface area contributed by atoms with Gasteiger partial charge in [-0.05, 0) is 49.2 Å². The van der Waals surface area contributed by atoms with Gasteiger partial charge in [-0.15, -0.1) is 0 Å². The van der Waals surface area contributed by atoms with Crippen LogP contribution in [-0.4, -0.2) is 20.4 Å². The largest absolute Gasteiger partial charge is 0.416 e. The highest BCUT2D eigenvalue weighted by Gasteiger charge is 2.31. The smallest absolute Gasteiger partial charge is 0.322 e. The molecule has 5 nitrogen and oxygen atoms in total. The first-order chi connectivity index (χ1) is 12.1. The number of rotatable bonds is 5. The van der Waals surface area contributed by atoms with E-state index in [1.54, 1.807) is 0 Å². The van der Waals surface area contributed by atoms with Crippen LogP contribution >= 0.6 is 0 Å². The summed E-state index contributed by atoms with van der Waals surface area (Å²) in [7, 11) is -3.73. The van der Waals surface area contributed by atoms with Gasteiger partial charge in [-0.2, -0.15) is 13.2 Å². The zero-order valence-electron chi connectivity index (χ0n) is 13.4. The molecule has 0 saturated heterocycles. The summed E-state index contributed by atoms with van der Waals surface area (Å²) in [5.41, 5.74) is -0.893. The van der Waals surface area contributed by atoms with Gasteiger partial charge in [0.2, 0.25) is 10.0 Å². The fourth-order valence-electron chi connectivity index (χ4n) is 2.27. The number of nitrogens with one attached hydrogen (secondary N) is 2. The number of alkyl halides is 3. The summed E-state index contributed by atoms with van der Waals surface area (Å²) in [6.07, 6.45) is -2.98. The van der Waals surface area contributed by atoms with E-state index in [2.05, 4.69) is 10.0 Å². The van der Waals surface area contributed by atoms with E-state index in [9.17, 15) is 26.4 Å². The van der Waals surface area contributed by atoms with Gasteiger partial charge in [0.25, 0.3) is 5.91 Å². The molecule has 1 fully saturated rings. The van der Waals surface area contributed by atoms with E-state index < -0.39 is 27.7 Å². The van der Waals surface area contributed by atoms with Crippen molar-refractivity contribution in [3.8, 4) is 0 Å². The molecular weight excluding hydrogens is 369 g/mol. The first kappa shape index (κ1) is 18.4. The molecule has 1 amide bonds. The Labute approximate surface area is 148 Å². The normalized spacial score (nSPS) is 14.9. The van der Waals surface area contributed by atoms with Crippen molar-refractivity contribution in [2.24, 2.45) is 0 Å². The van der Waals surface area contributed by atoms with Gasteiger partial charge in [0, 0.05) is 17.3 Å². The Bertz CT molecular complexity index is 938. The van der Waals surface area contributed by atoms with Crippen molar-refractivity contribution in [2.75, 3.05) is 5.32 Å². The van der Waals surface area contributed by atoms with E-state index >= 15 is 0 Å². The molecule has 2 aromatic carbocycles. The van der Waals surface area contributed by atoms with Gasteiger partial charge >= 0.3 is 6.18 Å². The third kappa shape index (κ3) is 4.41. The number of hydrogen-bond acceptors (Lipinski definition) is 3. The highest BCUT2D eigenvalue weighted by Crippen LogP contribution is 2.30. The van der Waals surface area contributed by atoms with Crippen molar-refractivity contribution >= 4 is 21.6 Å². The molecule has 2 aromatic rings. The number of benzene rings is 2. The van der Waals surface area contributed by atoms with E-state index in [-0.39, 0.29) is 22.2 Å². The SMILES string of the molecule is O=C(Nc1cccc(C(F)(F)F)c1)c1cccc(S(=O)(=O)NC2CC2)c1. The average molecular weight is 384 g/mol. The van der Waals surface area contributed by atoms with Crippen LogP contribution in [-0.2, 0) is 16.2 Å². The second kappa shape index (κ2) is 6.73. The van der Waals surface area contributed by atoms with Crippen LogP contribution in [0.3, 0.4) is 0 Å². The quantitative estimate of drug-likeness (QED) is 0.830. The van der Waals surface area contributed by atoms with Crippen LogP contribution in [0.4, 0.5) is 18.9 Å². The highest BCUT2D eigenvalue weighted by molar-refractivity contribution is 7.89. The average Bonchev–Trinajstić information content (AvgIpc) is 3.38. The summed E-state index contributed by atoms with van der Waals surface area (Å²) >= 11 is 0. The molecule has 3 rings (SSSR count). The zero-order valence-corrected chi connectivity index (χ0v) is 14.2. The van der Waals surface area contributed by atoms with Crippen LogP contribution in [0.1, 0.15) is 28.8 Å². The summed E-state index contributed by atoms with van der Waals surface area (Å²) in [5.74, 6) is -0.701. The third-order valence-electron chi connectivity index (χ3n) is 3.75. The number of carbonyl (C=O) groups excluding carboxylic acids is 1. The van der Waals surface area contributed by atoms with Crippen molar-refractivity contribution in [1.82, 2.24) is 4.72 Å². The molecule has 1 aliphatic carbocycles. The second-order valence-electron chi connectivity index (χ2n) is 5.96. The van der Waals surface area contributed by atoms with Crippen molar-refractivity contribution < 1.29 is 26.4 Å². The lowest BCUT2D eigenvalue weighted by molar-refractivity contribution is -0.137. The Morgan fingerprint density at radius 2 is 1.73 bits per heavy atom. The molecule has 0 spiro atoms. The fraction of sp³-hybridized carbons (Fsp3) is 0.235. The minimum Gasteiger partial charge on any atom is -0.322 e. The molecule has 9 heteroatoms. The lowest BCUT2D eigenvalue weighted by atomic mass is 10.1. The molecular formula is C17H15F3N2O3S. The van der Waals surface area contributed by atoms with Gasteiger partial charge in [0.05, 0.1) is 10.5 Å². The Morgan fingerprint density at radius 3 is 2.38 bits per heavy atom. The minimum absolute atomic E-state index is 0.0288. The summed E-state index contributed by atoms with van der Waals surface area (Å²) < 4.78 is 65.1. The van der Waals surface area contributed by atoms with E-state index in [1.165, 1.54) is 36.4 Å². The summed E-state index contributed by atoms with van der Waals surface area (Å²) in [6.45, 7) is 0. The van der Waals surface area contributed by atoms with Crippen LogP contribution in [0.2, 0.25) is 0 Å². The van der Waals surface area contributed by atoms with Crippen molar-refractivity contribution in [3.05, 3.63) is 59.7 Å². The van der Waals surface area contributed by atoms with Gasteiger partial charge in [-0.3, -0.25) is 4.79 Å². The van der Waals surface area contributed by atoms with E-state index in [0.29, 0.717) is 0 Å². The number of sulfonamides is 1. The molecule has 1 aliphatic rings. The molecule has 138 valence electrons.